The zero-order valence-corrected chi connectivity index (χ0v) is 11.2. The van der Waals surface area contributed by atoms with Gasteiger partial charge in [-0.1, -0.05) is 0 Å². The predicted molar refractivity (Wildman–Crippen MR) is 71.6 cm³/mol. The van der Waals surface area contributed by atoms with Gasteiger partial charge in [0, 0.05) is 11.8 Å². The fourth-order valence-corrected chi connectivity index (χ4v) is 1.77. The number of hydrogen-bond acceptors (Lipinski definition) is 5. The Hall–Kier alpha value is -2.63. The van der Waals surface area contributed by atoms with Crippen LogP contribution in [-0.4, -0.2) is 36.3 Å². The first-order valence-electron chi connectivity index (χ1n) is 5.91. The Balaban J connectivity index is 2.34. The summed E-state index contributed by atoms with van der Waals surface area (Å²) in [6, 6.07) is 7.17. The molecule has 2 rings (SSSR count). The highest BCUT2D eigenvalue weighted by molar-refractivity contribution is 5.85. The number of hydrogen-bond donors (Lipinski definition) is 0. The summed E-state index contributed by atoms with van der Waals surface area (Å²) in [5.74, 6) is 0.293. The fourth-order valence-electron chi connectivity index (χ4n) is 1.77. The Bertz CT molecular complexity index is 617. The van der Waals surface area contributed by atoms with Gasteiger partial charge in [-0.2, -0.15) is 5.10 Å². The van der Waals surface area contributed by atoms with Gasteiger partial charge in [0.2, 0.25) is 0 Å². The topological polar surface area (TPSA) is 70.4 Å². The van der Waals surface area contributed by atoms with Gasteiger partial charge in [-0.05, 0) is 24.3 Å². The second-order valence-electron chi connectivity index (χ2n) is 4.05. The van der Waals surface area contributed by atoms with Crippen LogP contribution in [0.15, 0.2) is 30.5 Å². The van der Waals surface area contributed by atoms with E-state index in [-0.39, 0.29) is 6.54 Å². The van der Waals surface area contributed by atoms with Gasteiger partial charge in [0.25, 0.3) is 0 Å². The Labute approximate surface area is 115 Å². The van der Waals surface area contributed by atoms with E-state index in [0.29, 0.717) is 17.5 Å². The maximum absolute atomic E-state index is 11.2. The standard InChI is InChI=1S/C14H14N2O4/c1-19-12-5-3-10(4-6-12)14-11(9-17)7-16(15-14)8-13(18)20-2/h3-7,9H,8H2,1-2H3. The summed E-state index contributed by atoms with van der Waals surface area (Å²) in [5.41, 5.74) is 1.71. The monoisotopic (exact) mass is 274 g/mol. The number of carbonyl (C=O) groups is 2. The third-order valence-corrected chi connectivity index (χ3v) is 2.80. The molecule has 0 aliphatic rings. The fraction of sp³-hybridized carbons (Fsp3) is 0.214. The molecule has 0 unspecified atom stereocenters. The molecular formula is C14H14N2O4. The maximum atomic E-state index is 11.2. The molecule has 104 valence electrons. The van der Waals surface area contributed by atoms with Crippen LogP contribution >= 0.6 is 0 Å². The Morgan fingerprint density at radius 3 is 2.55 bits per heavy atom. The molecule has 0 bridgehead atoms. The second kappa shape index (κ2) is 6.01. The van der Waals surface area contributed by atoms with Crippen LogP contribution in [-0.2, 0) is 16.1 Å². The average molecular weight is 274 g/mol. The molecule has 0 atom stereocenters. The van der Waals surface area contributed by atoms with Crippen molar-refractivity contribution in [3.8, 4) is 17.0 Å². The van der Waals surface area contributed by atoms with Gasteiger partial charge in [-0.25, -0.2) is 0 Å². The van der Waals surface area contributed by atoms with Crippen molar-refractivity contribution in [1.29, 1.82) is 0 Å². The van der Waals surface area contributed by atoms with Crippen LogP contribution in [0.5, 0.6) is 5.75 Å². The molecule has 1 heterocycles. The molecule has 0 spiro atoms. The second-order valence-corrected chi connectivity index (χ2v) is 4.05. The number of nitrogens with zero attached hydrogens (tertiary/aromatic N) is 2. The zero-order valence-electron chi connectivity index (χ0n) is 11.2. The normalized spacial score (nSPS) is 10.1. The van der Waals surface area contributed by atoms with E-state index >= 15 is 0 Å². The Morgan fingerprint density at radius 2 is 2.00 bits per heavy atom. The molecule has 0 aliphatic carbocycles. The van der Waals surface area contributed by atoms with Gasteiger partial charge in [0.15, 0.2) is 6.29 Å². The first-order valence-corrected chi connectivity index (χ1v) is 5.91. The number of ether oxygens (including phenoxy) is 2. The van der Waals surface area contributed by atoms with Gasteiger partial charge < -0.3 is 9.47 Å². The van der Waals surface area contributed by atoms with E-state index in [9.17, 15) is 9.59 Å². The van der Waals surface area contributed by atoms with Crippen molar-refractivity contribution in [3.63, 3.8) is 0 Å². The lowest BCUT2D eigenvalue weighted by Crippen LogP contribution is -2.11. The number of rotatable bonds is 5. The molecule has 20 heavy (non-hydrogen) atoms. The van der Waals surface area contributed by atoms with Gasteiger partial charge in [-0.15, -0.1) is 0 Å². The molecule has 0 saturated carbocycles. The molecule has 6 heteroatoms. The number of esters is 1. The largest absolute Gasteiger partial charge is 0.497 e. The lowest BCUT2D eigenvalue weighted by Gasteiger charge is -2.02. The highest BCUT2D eigenvalue weighted by atomic mass is 16.5. The minimum atomic E-state index is -0.425. The smallest absolute Gasteiger partial charge is 0.327 e. The van der Waals surface area contributed by atoms with Crippen molar-refractivity contribution >= 4 is 12.3 Å². The van der Waals surface area contributed by atoms with E-state index in [2.05, 4.69) is 9.84 Å². The maximum Gasteiger partial charge on any atom is 0.327 e. The van der Waals surface area contributed by atoms with E-state index in [1.54, 1.807) is 31.4 Å². The third kappa shape index (κ3) is 2.85. The summed E-state index contributed by atoms with van der Waals surface area (Å²) in [6.45, 7) is -0.0342. The lowest BCUT2D eigenvalue weighted by atomic mass is 10.1. The number of aromatic nitrogens is 2. The van der Waals surface area contributed by atoms with Crippen LogP contribution in [0.25, 0.3) is 11.3 Å². The SMILES string of the molecule is COC(=O)Cn1cc(C=O)c(-c2ccc(OC)cc2)n1. The highest BCUT2D eigenvalue weighted by Crippen LogP contribution is 2.23. The Morgan fingerprint density at radius 1 is 1.30 bits per heavy atom. The zero-order chi connectivity index (χ0) is 14.5. The van der Waals surface area contributed by atoms with Crippen LogP contribution in [0.2, 0.25) is 0 Å². The van der Waals surface area contributed by atoms with Crippen molar-refractivity contribution < 1.29 is 19.1 Å². The minimum absolute atomic E-state index is 0.0342. The first-order chi connectivity index (χ1) is 9.67. The van der Waals surface area contributed by atoms with Crippen LogP contribution < -0.4 is 4.74 Å². The molecule has 0 radical (unpaired) electrons. The molecule has 6 nitrogen and oxygen atoms in total. The molecule has 0 amide bonds. The van der Waals surface area contributed by atoms with Crippen molar-refractivity contribution in [2.24, 2.45) is 0 Å². The molecule has 0 aliphatic heterocycles. The van der Waals surface area contributed by atoms with Gasteiger partial charge >= 0.3 is 5.97 Å². The highest BCUT2D eigenvalue weighted by Gasteiger charge is 2.12. The molecule has 1 aromatic carbocycles. The number of carbonyl (C=O) groups excluding carboxylic acids is 2. The number of aldehydes is 1. The summed E-state index contributed by atoms with van der Waals surface area (Å²) >= 11 is 0. The van der Waals surface area contributed by atoms with E-state index < -0.39 is 5.97 Å². The van der Waals surface area contributed by atoms with Crippen molar-refractivity contribution in [2.45, 2.75) is 6.54 Å². The number of methoxy groups -OCH3 is 2. The summed E-state index contributed by atoms with van der Waals surface area (Å²) < 4.78 is 11.0. The molecular weight excluding hydrogens is 260 g/mol. The molecule has 0 fully saturated rings. The van der Waals surface area contributed by atoms with Gasteiger partial charge in [-0.3, -0.25) is 14.3 Å². The first kappa shape index (κ1) is 13.8. The molecule has 0 saturated heterocycles. The van der Waals surface area contributed by atoms with E-state index in [1.807, 2.05) is 0 Å². The average Bonchev–Trinajstić information content (AvgIpc) is 2.90. The van der Waals surface area contributed by atoms with Crippen LogP contribution in [0, 0.1) is 0 Å². The third-order valence-electron chi connectivity index (χ3n) is 2.80. The predicted octanol–water partition coefficient (Wildman–Crippen LogP) is 1.54. The molecule has 2 aromatic rings. The summed E-state index contributed by atoms with van der Waals surface area (Å²) in [6.07, 6.45) is 2.23. The summed E-state index contributed by atoms with van der Waals surface area (Å²) in [7, 11) is 2.88. The summed E-state index contributed by atoms with van der Waals surface area (Å²) in [4.78, 5) is 22.3. The van der Waals surface area contributed by atoms with Crippen molar-refractivity contribution in [2.75, 3.05) is 14.2 Å². The molecule has 1 aromatic heterocycles. The summed E-state index contributed by atoms with van der Waals surface area (Å²) in [5, 5.41) is 4.24. The van der Waals surface area contributed by atoms with Crippen LogP contribution in [0.1, 0.15) is 10.4 Å². The van der Waals surface area contributed by atoms with Gasteiger partial charge in [0.1, 0.15) is 18.0 Å². The van der Waals surface area contributed by atoms with E-state index in [1.165, 1.54) is 18.0 Å². The molecule has 0 N–H and O–H groups in total. The van der Waals surface area contributed by atoms with Gasteiger partial charge in [0.05, 0.1) is 19.8 Å². The van der Waals surface area contributed by atoms with Crippen molar-refractivity contribution in [3.05, 3.63) is 36.0 Å². The Kier molecular flexibility index (Phi) is 4.14. The van der Waals surface area contributed by atoms with E-state index in [0.717, 1.165) is 11.3 Å². The quantitative estimate of drug-likeness (QED) is 0.611. The number of benzene rings is 1. The lowest BCUT2D eigenvalue weighted by molar-refractivity contribution is -0.141. The van der Waals surface area contributed by atoms with Crippen LogP contribution in [0.3, 0.4) is 0 Å². The van der Waals surface area contributed by atoms with Crippen LogP contribution in [0.4, 0.5) is 0 Å². The minimum Gasteiger partial charge on any atom is -0.497 e. The van der Waals surface area contributed by atoms with E-state index in [4.69, 9.17) is 4.74 Å². The van der Waals surface area contributed by atoms with Crippen molar-refractivity contribution in [1.82, 2.24) is 9.78 Å².